The summed E-state index contributed by atoms with van der Waals surface area (Å²) in [5.41, 5.74) is 3.23. The van der Waals surface area contributed by atoms with Gasteiger partial charge in [0.05, 0.1) is 5.56 Å². The zero-order valence-electron chi connectivity index (χ0n) is 15.5. The van der Waals surface area contributed by atoms with E-state index in [1.165, 1.54) is 16.9 Å². The van der Waals surface area contributed by atoms with Crippen LogP contribution in [-0.4, -0.2) is 11.8 Å². The highest BCUT2D eigenvalue weighted by molar-refractivity contribution is 7.12. The largest absolute Gasteiger partial charge is 0.452 e. The molecule has 0 bridgehead atoms. The van der Waals surface area contributed by atoms with E-state index < -0.39 is 5.97 Å². The maximum Gasteiger partial charge on any atom is 0.353 e. The van der Waals surface area contributed by atoms with Crippen LogP contribution >= 0.6 is 11.3 Å². The minimum Gasteiger partial charge on any atom is -0.452 e. The molecule has 0 atom stereocenters. The summed E-state index contributed by atoms with van der Waals surface area (Å²) in [6.45, 7) is 3.88. The van der Waals surface area contributed by atoms with E-state index in [0.717, 1.165) is 12.0 Å². The Morgan fingerprint density at radius 3 is 2.61 bits per heavy atom. The molecule has 1 aromatic heterocycles. The van der Waals surface area contributed by atoms with Gasteiger partial charge < -0.3 is 9.47 Å². The minimum absolute atomic E-state index is 0.172. The number of allylic oxidation sites excluding steroid dienone is 1. The van der Waals surface area contributed by atoms with Gasteiger partial charge in [0.15, 0.2) is 5.76 Å². The zero-order chi connectivity index (χ0) is 19.7. The van der Waals surface area contributed by atoms with E-state index in [-0.39, 0.29) is 11.5 Å². The number of carbonyl (C=O) groups is 2. The lowest BCUT2D eigenvalue weighted by Crippen LogP contribution is -2.07. The fourth-order valence-corrected chi connectivity index (χ4v) is 3.62. The van der Waals surface area contributed by atoms with Crippen LogP contribution in [0, 0.1) is 6.92 Å². The Morgan fingerprint density at radius 2 is 1.93 bits per heavy atom. The molecule has 0 spiro atoms. The van der Waals surface area contributed by atoms with Crippen molar-refractivity contribution in [2.24, 2.45) is 0 Å². The first-order valence-electron chi connectivity index (χ1n) is 8.99. The van der Waals surface area contributed by atoms with Crippen molar-refractivity contribution in [1.29, 1.82) is 0 Å². The van der Waals surface area contributed by atoms with Crippen molar-refractivity contribution in [1.82, 2.24) is 0 Å². The summed E-state index contributed by atoms with van der Waals surface area (Å²) in [4.78, 5) is 25.4. The second kappa shape index (κ2) is 7.44. The molecule has 140 valence electrons. The summed E-state index contributed by atoms with van der Waals surface area (Å²) < 4.78 is 11.3. The van der Waals surface area contributed by atoms with Crippen LogP contribution in [0.15, 0.2) is 59.7 Å². The lowest BCUT2D eigenvalue weighted by molar-refractivity contribution is 0.0738. The normalized spacial score (nSPS) is 14.1. The third-order valence-electron chi connectivity index (χ3n) is 4.65. The monoisotopic (exact) mass is 390 g/mol. The molecule has 0 unspecified atom stereocenters. The molecular formula is C23H18O4S. The van der Waals surface area contributed by atoms with Gasteiger partial charge in [-0.3, -0.25) is 4.79 Å². The van der Waals surface area contributed by atoms with Crippen LogP contribution in [0.25, 0.3) is 6.08 Å². The number of benzene rings is 2. The van der Waals surface area contributed by atoms with E-state index in [2.05, 4.69) is 6.92 Å². The van der Waals surface area contributed by atoms with Gasteiger partial charge in [-0.2, -0.15) is 0 Å². The van der Waals surface area contributed by atoms with E-state index in [1.54, 1.807) is 37.3 Å². The number of ether oxygens (including phenoxy) is 2. The molecule has 0 saturated carbocycles. The van der Waals surface area contributed by atoms with Gasteiger partial charge in [0.1, 0.15) is 16.4 Å². The Kier molecular flexibility index (Phi) is 4.84. The quantitative estimate of drug-likeness (QED) is 0.337. The standard InChI is InChI=1S/C23H18O4S/c1-3-15-6-8-16(9-7-15)13-19-21(24)17-10-11-18(14(2)22(17)26-19)27-23(25)20-5-4-12-28-20/h4-13H,3H2,1-2H3/b19-13-. The predicted molar refractivity (Wildman–Crippen MR) is 109 cm³/mol. The van der Waals surface area contributed by atoms with E-state index in [9.17, 15) is 9.59 Å². The van der Waals surface area contributed by atoms with E-state index in [1.807, 2.05) is 29.6 Å². The average molecular weight is 390 g/mol. The first-order valence-corrected chi connectivity index (χ1v) is 9.87. The molecule has 0 amide bonds. The molecule has 1 aliphatic rings. The smallest absolute Gasteiger partial charge is 0.353 e. The number of carbonyl (C=O) groups excluding carboxylic acids is 2. The molecule has 3 aromatic rings. The molecule has 2 aromatic carbocycles. The van der Waals surface area contributed by atoms with Crippen LogP contribution in [-0.2, 0) is 6.42 Å². The fraction of sp³-hybridized carbons (Fsp3) is 0.130. The Bertz CT molecular complexity index is 1080. The first kappa shape index (κ1) is 18.2. The van der Waals surface area contributed by atoms with Crippen LogP contribution in [0.4, 0.5) is 0 Å². The van der Waals surface area contributed by atoms with Gasteiger partial charge in [0, 0.05) is 5.56 Å². The molecule has 0 saturated heterocycles. The Balaban J connectivity index is 1.60. The summed E-state index contributed by atoms with van der Waals surface area (Å²) >= 11 is 1.32. The molecule has 4 rings (SSSR count). The van der Waals surface area contributed by atoms with Crippen LogP contribution in [0.2, 0.25) is 0 Å². The molecule has 28 heavy (non-hydrogen) atoms. The molecule has 4 nitrogen and oxygen atoms in total. The fourth-order valence-electron chi connectivity index (χ4n) is 3.02. The Morgan fingerprint density at radius 1 is 1.14 bits per heavy atom. The highest BCUT2D eigenvalue weighted by Gasteiger charge is 2.30. The third-order valence-corrected chi connectivity index (χ3v) is 5.50. The van der Waals surface area contributed by atoms with Crippen LogP contribution in [0.3, 0.4) is 0 Å². The minimum atomic E-state index is -0.422. The van der Waals surface area contributed by atoms with Gasteiger partial charge >= 0.3 is 5.97 Å². The van der Waals surface area contributed by atoms with Crippen molar-refractivity contribution in [3.05, 3.63) is 86.8 Å². The molecule has 1 aliphatic heterocycles. The highest BCUT2D eigenvalue weighted by atomic mass is 32.1. The van der Waals surface area contributed by atoms with Gasteiger partial charge in [-0.25, -0.2) is 4.79 Å². The molecule has 2 heterocycles. The maximum absolute atomic E-state index is 12.7. The number of aryl methyl sites for hydroxylation is 1. The number of thiophene rings is 1. The number of ketones is 1. The summed E-state index contributed by atoms with van der Waals surface area (Å²) in [5, 5.41) is 1.82. The lowest BCUT2D eigenvalue weighted by Gasteiger charge is -2.09. The van der Waals surface area contributed by atoms with Crippen molar-refractivity contribution >= 4 is 29.2 Å². The molecule has 5 heteroatoms. The highest BCUT2D eigenvalue weighted by Crippen LogP contribution is 2.39. The van der Waals surface area contributed by atoms with E-state index in [4.69, 9.17) is 9.47 Å². The number of hydrogen-bond acceptors (Lipinski definition) is 5. The van der Waals surface area contributed by atoms with Crippen molar-refractivity contribution in [3.8, 4) is 11.5 Å². The number of fused-ring (bicyclic) bond motifs is 1. The van der Waals surface area contributed by atoms with E-state index >= 15 is 0 Å². The van der Waals surface area contributed by atoms with Gasteiger partial charge in [-0.15, -0.1) is 11.3 Å². The van der Waals surface area contributed by atoms with Crippen molar-refractivity contribution in [2.75, 3.05) is 0 Å². The summed E-state index contributed by atoms with van der Waals surface area (Å²) in [6.07, 6.45) is 2.70. The van der Waals surface area contributed by atoms with Gasteiger partial charge in [0.2, 0.25) is 5.78 Å². The average Bonchev–Trinajstić information content (AvgIpc) is 3.35. The SMILES string of the molecule is CCc1ccc(/C=C2\Oc3c(ccc(OC(=O)c4cccs4)c3C)C2=O)cc1. The maximum atomic E-state index is 12.7. The molecule has 0 aliphatic carbocycles. The third kappa shape index (κ3) is 3.37. The van der Waals surface area contributed by atoms with Gasteiger partial charge in [-0.05, 0) is 54.1 Å². The number of esters is 1. The summed E-state index contributed by atoms with van der Waals surface area (Å²) in [6, 6.07) is 14.8. The van der Waals surface area contributed by atoms with Crippen LogP contribution in [0.5, 0.6) is 11.5 Å². The Labute approximate surface area is 167 Å². The second-order valence-corrected chi connectivity index (χ2v) is 7.41. The van der Waals surface area contributed by atoms with Crippen LogP contribution < -0.4 is 9.47 Å². The lowest BCUT2D eigenvalue weighted by atomic mass is 10.0. The van der Waals surface area contributed by atoms with Crippen molar-refractivity contribution in [3.63, 3.8) is 0 Å². The first-order chi connectivity index (χ1) is 13.6. The number of rotatable bonds is 4. The van der Waals surface area contributed by atoms with Gasteiger partial charge in [0.25, 0.3) is 0 Å². The molecule has 0 fully saturated rings. The second-order valence-electron chi connectivity index (χ2n) is 6.47. The van der Waals surface area contributed by atoms with E-state index in [0.29, 0.717) is 27.5 Å². The Hall–Kier alpha value is -3.18. The number of Topliss-reactive ketones (excluding diaryl/α,β-unsaturated/α-hetero) is 1. The predicted octanol–water partition coefficient (Wildman–Crippen LogP) is 5.45. The van der Waals surface area contributed by atoms with Crippen molar-refractivity contribution < 1.29 is 19.1 Å². The van der Waals surface area contributed by atoms with Gasteiger partial charge in [-0.1, -0.05) is 37.3 Å². The molecule has 0 radical (unpaired) electrons. The summed E-state index contributed by atoms with van der Waals surface area (Å²) in [5.74, 6) is 0.503. The topological polar surface area (TPSA) is 52.6 Å². The molecular weight excluding hydrogens is 372 g/mol. The summed E-state index contributed by atoms with van der Waals surface area (Å²) in [7, 11) is 0. The van der Waals surface area contributed by atoms with Crippen LogP contribution in [0.1, 0.15) is 43.6 Å². The van der Waals surface area contributed by atoms with Crippen molar-refractivity contribution in [2.45, 2.75) is 20.3 Å². The number of hydrogen-bond donors (Lipinski definition) is 0. The molecule has 0 N–H and O–H groups in total. The zero-order valence-corrected chi connectivity index (χ0v) is 16.3.